The first-order valence-electron chi connectivity index (χ1n) is 6.71. The molecule has 0 bridgehead atoms. The lowest BCUT2D eigenvalue weighted by Gasteiger charge is -2.34. The van der Waals surface area contributed by atoms with E-state index in [1.54, 1.807) is 25.2 Å². The summed E-state index contributed by atoms with van der Waals surface area (Å²) >= 11 is 0. The Morgan fingerprint density at radius 1 is 1.30 bits per heavy atom. The van der Waals surface area contributed by atoms with Gasteiger partial charge in [0.05, 0.1) is 18.3 Å². The van der Waals surface area contributed by atoms with Crippen LogP contribution in [0, 0.1) is 6.92 Å². The normalized spacial score (nSPS) is 16.2. The van der Waals surface area contributed by atoms with Crippen molar-refractivity contribution < 1.29 is 9.59 Å². The Balaban J connectivity index is 1.87. The molecule has 1 aliphatic heterocycles. The number of aryl methyl sites for hydroxylation is 1. The van der Waals surface area contributed by atoms with Gasteiger partial charge in [-0.05, 0) is 6.92 Å². The second-order valence-corrected chi connectivity index (χ2v) is 5.27. The number of nitrogens with zero attached hydrogens (tertiary/aromatic N) is 4. The van der Waals surface area contributed by atoms with E-state index in [1.807, 2.05) is 11.8 Å². The Morgan fingerprint density at radius 2 is 1.95 bits per heavy atom. The van der Waals surface area contributed by atoms with Crippen LogP contribution in [0.3, 0.4) is 0 Å². The number of hydrogen-bond acceptors (Lipinski definition) is 4. The van der Waals surface area contributed by atoms with E-state index in [9.17, 15) is 9.59 Å². The molecular weight excluding hydrogens is 258 g/mol. The van der Waals surface area contributed by atoms with Crippen LogP contribution >= 0.6 is 0 Å². The quantitative estimate of drug-likeness (QED) is 0.814. The largest absolute Gasteiger partial charge is 0.348 e. The molecule has 2 amide bonds. The molecule has 0 unspecified atom stereocenters. The number of carbonyl (C=O) groups is 2. The van der Waals surface area contributed by atoms with Crippen LogP contribution in [-0.4, -0.2) is 83.5 Å². The summed E-state index contributed by atoms with van der Waals surface area (Å²) < 4.78 is 0. The van der Waals surface area contributed by atoms with E-state index in [0.29, 0.717) is 25.2 Å². The van der Waals surface area contributed by atoms with E-state index in [0.717, 1.165) is 18.8 Å². The number of piperazine rings is 1. The summed E-state index contributed by atoms with van der Waals surface area (Å²) in [5.74, 6) is 0.102. The highest BCUT2D eigenvalue weighted by molar-refractivity contribution is 5.95. The number of hydrogen-bond donors (Lipinski definition) is 1. The molecule has 1 N–H and O–H groups in total. The molecule has 0 aromatic carbocycles. The zero-order chi connectivity index (χ0) is 14.7. The van der Waals surface area contributed by atoms with E-state index >= 15 is 0 Å². The Morgan fingerprint density at radius 3 is 2.45 bits per heavy atom. The van der Waals surface area contributed by atoms with Gasteiger partial charge < -0.3 is 9.80 Å². The van der Waals surface area contributed by atoms with Gasteiger partial charge in [0, 0.05) is 46.0 Å². The van der Waals surface area contributed by atoms with Crippen molar-refractivity contribution in [3.8, 4) is 0 Å². The van der Waals surface area contributed by atoms with Crippen LogP contribution in [-0.2, 0) is 4.79 Å². The average Bonchev–Trinajstić information content (AvgIpc) is 2.85. The maximum atomic E-state index is 12.3. The molecule has 1 aliphatic rings. The lowest BCUT2D eigenvalue weighted by Crippen LogP contribution is -2.51. The van der Waals surface area contributed by atoms with Gasteiger partial charge in [0.15, 0.2) is 0 Å². The number of H-pyrrole nitrogens is 1. The van der Waals surface area contributed by atoms with Gasteiger partial charge >= 0.3 is 0 Å². The Bertz CT molecular complexity index is 489. The fourth-order valence-electron chi connectivity index (χ4n) is 2.18. The Kier molecular flexibility index (Phi) is 4.39. The van der Waals surface area contributed by atoms with Gasteiger partial charge in [-0.1, -0.05) is 0 Å². The van der Waals surface area contributed by atoms with Gasteiger partial charge in [-0.15, -0.1) is 0 Å². The van der Waals surface area contributed by atoms with Gasteiger partial charge in [0.2, 0.25) is 5.91 Å². The molecule has 0 radical (unpaired) electrons. The summed E-state index contributed by atoms with van der Waals surface area (Å²) in [6, 6.07) is 0. The number of aromatic nitrogens is 2. The highest BCUT2D eigenvalue weighted by Crippen LogP contribution is 2.10. The molecule has 0 aliphatic carbocycles. The first-order chi connectivity index (χ1) is 9.49. The lowest BCUT2D eigenvalue weighted by molar-refractivity contribution is -0.130. The lowest BCUT2D eigenvalue weighted by atomic mass is 10.2. The van der Waals surface area contributed by atoms with Crippen LogP contribution in [0.4, 0.5) is 0 Å². The van der Waals surface area contributed by atoms with E-state index in [-0.39, 0.29) is 11.8 Å². The van der Waals surface area contributed by atoms with Gasteiger partial charge in [-0.25, -0.2) is 0 Å². The molecule has 0 atom stereocenters. The van der Waals surface area contributed by atoms with E-state index in [2.05, 4.69) is 15.1 Å². The van der Waals surface area contributed by atoms with Crippen LogP contribution in [0.1, 0.15) is 16.1 Å². The first kappa shape index (κ1) is 14.5. The molecular formula is C13H21N5O2. The van der Waals surface area contributed by atoms with Crippen molar-refractivity contribution in [2.75, 3.05) is 46.8 Å². The molecule has 0 saturated carbocycles. The maximum Gasteiger partial charge on any atom is 0.257 e. The minimum atomic E-state index is 0.00911. The molecule has 1 fully saturated rings. The monoisotopic (exact) mass is 279 g/mol. The van der Waals surface area contributed by atoms with Crippen LogP contribution in [0.2, 0.25) is 0 Å². The molecule has 2 rings (SSSR count). The van der Waals surface area contributed by atoms with Crippen LogP contribution in [0.15, 0.2) is 6.20 Å². The molecule has 1 aromatic rings. The number of rotatable bonds is 3. The van der Waals surface area contributed by atoms with Crippen molar-refractivity contribution >= 4 is 11.8 Å². The predicted molar refractivity (Wildman–Crippen MR) is 74.4 cm³/mol. The fourth-order valence-corrected chi connectivity index (χ4v) is 2.18. The molecule has 1 saturated heterocycles. The van der Waals surface area contributed by atoms with Gasteiger partial charge in [0.1, 0.15) is 0 Å². The fraction of sp³-hybridized carbons (Fsp3) is 0.615. The predicted octanol–water partition coefficient (Wildman–Crippen LogP) is -0.436. The van der Waals surface area contributed by atoms with E-state index in [1.165, 1.54) is 0 Å². The van der Waals surface area contributed by atoms with E-state index < -0.39 is 0 Å². The van der Waals surface area contributed by atoms with Crippen molar-refractivity contribution in [2.45, 2.75) is 6.92 Å². The standard InChI is InChI=1S/C13H21N5O2/c1-10-11(8-14-15-10)13(20)18-6-4-17(5-7-18)9-12(19)16(2)3/h8H,4-7,9H2,1-3H3,(H,14,15). The Labute approximate surface area is 118 Å². The maximum absolute atomic E-state index is 12.3. The molecule has 7 nitrogen and oxygen atoms in total. The van der Waals surface area contributed by atoms with Gasteiger partial charge in [-0.2, -0.15) is 5.10 Å². The van der Waals surface area contributed by atoms with Crippen molar-refractivity contribution in [1.82, 2.24) is 24.9 Å². The summed E-state index contributed by atoms with van der Waals surface area (Å²) in [5, 5.41) is 6.66. The Hall–Kier alpha value is -1.89. The first-order valence-corrected chi connectivity index (χ1v) is 6.71. The number of aromatic amines is 1. The highest BCUT2D eigenvalue weighted by atomic mass is 16.2. The van der Waals surface area contributed by atoms with Crippen molar-refractivity contribution in [1.29, 1.82) is 0 Å². The highest BCUT2D eigenvalue weighted by Gasteiger charge is 2.24. The minimum absolute atomic E-state index is 0.00911. The van der Waals surface area contributed by atoms with Crippen LogP contribution in [0.25, 0.3) is 0 Å². The van der Waals surface area contributed by atoms with E-state index in [4.69, 9.17) is 0 Å². The third kappa shape index (κ3) is 3.16. The average molecular weight is 279 g/mol. The van der Waals surface area contributed by atoms with Crippen LogP contribution < -0.4 is 0 Å². The second kappa shape index (κ2) is 6.04. The molecule has 0 spiro atoms. The minimum Gasteiger partial charge on any atom is -0.348 e. The molecule has 2 heterocycles. The second-order valence-electron chi connectivity index (χ2n) is 5.27. The number of nitrogens with one attached hydrogen (secondary N) is 1. The summed E-state index contributed by atoms with van der Waals surface area (Å²) in [5.41, 5.74) is 1.42. The number of likely N-dealkylation sites (N-methyl/N-ethyl adjacent to an activating group) is 1. The summed E-state index contributed by atoms with van der Waals surface area (Å²) in [6.07, 6.45) is 1.57. The number of amides is 2. The zero-order valence-electron chi connectivity index (χ0n) is 12.2. The third-order valence-corrected chi connectivity index (χ3v) is 3.58. The summed E-state index contributed by atoms with van der Waals surface area (Å²) in [4.78, 5) is 29.4. The van der Waals surface area contributed by atoms with Crippen molar-refractivity contribution in [3.05, 3.63) is 17.5 Å². The smallest absolute Gasteiger partial charge is 0.257 e. The van der Waals surface area contributed by atoms with Crippen molar-refractivity contribution in [3.63, 3.8) is 0 Å². The molecule has 7 heteroatoms. The van der Waals surface area contributed by atoms with Gasteiger partial charge in [0.25, 0.3) is 5.91 Å². The third-order valence-electron chi connectivity index (χ3n) is 3.58. The van der Waals surface area contributed by atoms with Crippen LogP contribution in [0.5, 0.6) is 0 Å². The zero-order valence-corrected chi connectivity index (χ0v) is 12.2. The van der Waals surface area contributed by atoms with Gasteiger partial charge in [-0.3, -0.25) is 19.6 Å². The van der Waals surface area contributed by atoms with Crippen molar-refractivity contribution in [2.24, 2.45) is 0 Å². The molecule has 20 heavy (non-hydrogen) atoms. The SMILES string of the molecule is Cc1[nH]ncc1C(=O)N1CCN(CC(=O)N(C)C)CC1. The summed E-state index contributed by atoms with van der Waals surface area (Å²) in [7, 11) is 3.51. The molecule has 1 aromatic heterocycles. The number of carbonyl (C=O) groups excluding carboxylic acids is 2. The topological polar surface area (TPSA) is 72.5 Å². The summed E-state index contributed by atoms with van der Waals surface area (Å²) in [6.45, 7) is 4.99. The molecule has 110 valence electrons.